The van der Waals surface area contributed by atoms with E-state index in [2.05, 4.69) is 41.1 Å². The van der Waals surface area contributed by atoms with Crippen LogP contribution in [-0.2, 0) is 4.79 Å². The first kappa shape index (κ1) is 19.0. The molecule has 1 aliphatic heterocycles. The number of hydrogen-bond donors (Lipinski definition) is 1. The maximum absolute atomic E-state index is 13.7. The number of halogens is 1. The molecule has 0 radical (unpaired) electrons. The predicted molar refractivity (Wildman–Crippen MR) is 123 cm³/mol. The van der Waals surface area contributed by atoms with Crippen molar-refractivity contribution in [2.24, 2.45) is 0 Å². The molecule has 5 heteroatoms. The molecule has 0 spiro atoms. The number of carbonyl (C=O) groups is 1. The Kier molecular flexibility index (Phi) is 4.25. The molecule has 0 fully saturated rings. The third-order valence-corrected chi connectivity index (χ3v) is 6.63. The average Bonchev–Trinajstić information content (AvgIpc) is 3.17. The molecule has 2 atom stereocenters. The van der Waals surface area contributed by atoms with Crippen LogP contribution in [0.5, 0.6) is 0 Å². The summed E-state index contributed by atoms with van der Waals surface area (Å²) in [4.78, 5) is 18.4. The summed E-state index contributed by atoms with van der Waals surface area (Å²) in [5, 5.41) is 3.48. The summed E-state index contributed by atoms with van der Waals surface area (Å²) in [5.74, 6) is 0.680. The largest absolute Gasteiger partial charge is 0.329 e. The smallest absolute Gasteiger partial charge is 0.209 e. The van der Waals surface area contributed by atoms with Gasteiger partial charge in [0.15, 0.2) is 5.78 Å². The number of aryl methyl sites for hydroxylation is 1. The summed E-state index contributed by atoms with van der Waals surface area (Å²) in [5.41, 5.74) is 6.76. The number of benzene rings is 3. The van der Waals surface area contributed by atoms with Gasteiger partial charge in [0.25, 0.3) is 0 Å². The van der Waals surface area contributed by atoms with Crippen molar-refractivity contribution in [2.75, 3.05) is 5.32 Å². The number of hydrogen-bond acceptors (Lipinski definition) is 3. The van der Waals surface area contributed by atoms with E-state index in [4.69, 9.17) is 4.98 Å². The summed E-state index contributed by atoms with van der Waals surface area (Å²) in [6.07, 6.45) is 1.20. The maximum atomic E-state index is 13.7. The number of aromatic nitrogens is 2. The standard InChI is InChI=1S/C27H22FN3O/c1-16-6-8-17(9-7-16)19-14-22-25(24(32)15-19)26(18-10-12-20(28)13-11-18)31-23-5-3-2-4-21(23)29-27(31)30-22/h2-13,19,26H,14-15H2,1H3,(H,29,30)/t19-,26-/m1/s1. The fourth-order valence-corrected chi connectivity index (χ4v) is 5.06. The van der Waals surface area contributed by atoms with Gasteiger partial charge in [0.05, 0.1) is 17.1 Å². The van der Waals surface area contributed by atoms with Crippen molar-refractivity contribution < 1.29 is 9.18 Å². The van der Waals surface area contributed by atoms with Crippen LogP contribution in [0, 0.1) is 12.7 Å². The third kappa shape index (κ3) is 2.96. The Hall–Kier alpha value is -3.73. The number of nitrogens with zero attached hydrogens (tertiary/aromatic N) is 2. The van der Waals surface area contributed by atoms with Gasteiger partial charge in [0.2, 0.25) is 5.95 Å². The van der Waals surface area contributed by atoms with Gasteiger partial charge >= 0.3 is 0 Å². The molecular weight excluding hydrogens is 401 g/mol. The lowest BCUT2D eigenvalue weighted by Crippen LogP contribution is -2.33. The van der Waals surface area contributed by atoms with Crippen LogP contribution < -0.4 is 5.32 Å². The first-order valence-corrected chi connectivity index (χ1v) is 10.9. The number of imidazole rings is 1. The topological polar surface area (TPSA) is 46.9 Å². The lowest BCUT2D eigenvalue weighted by atomic mass is 9.77. The minimum absolute atomic E-state index is 0.124. The monoisotopic (exact) mass is 423 g/mol. The van der Waals surface area contributed by atoms with Crippen molar-refractivity contribution in [1.29, 1.82) is 0 Å². The number of rotatable bonds is 2. The van der Waals surface area contributed by atoms with Gasteiger partial charge in [0.1, 0.15) is 5.82 Å². The molecule has 158 valence electrons. The maximum Gasteiger partial charge on any atom is 0.209 e. The van der Waals surface area contributed by atoms with Gasteiger partial charge in [-0.3, -0.25) is 9.36 Å². The number of allylic oxidation sites excluding steroid dienone is 2. The number of Topliss-reactive ketones (excluding diaryl/α,β-unsaturated/α-hetero) is 1. The highest BCUT2D eigenvalue weighted by molar-refractivity contribution is 6.01. The molecule has 1 aliphatic carbocycles. The van der Waals surface area contributed by atoms with Gasteiger partial charge in [-0.25, -0.2) is 9.37 Å². The van der Waals surface area contributed by atoms with E-state index >= 15 is 0 Å². The second-order valence-corrected chi connectivity index (χ2v) is 8.70. The lowest BCUT2D eigenvalue weighted by Gasteiger charge is -2.36. The van der Waals surface area contributed by atoms with E-state index in [9.17, 15) is 9.18 Å². The Morgan fingerprint density at radius 1 is 0.938 bits per heavy atom. The first-order chi connectivity index (χ1) is 15.6. The van der Waals surface area contributed by atoms with E-state index in [0.717, 1.165) is 40.2 Å². The van der Waals surface area contributed by atoms with Crippen LogP contribution >= 0.6 is 0 Å². The molecule has 2 heterocycles. The van der Waals surface area contributed by atoms with Crippen molar-refractivity contribution in [3.8, 4) is 0 Å². The molecule has 4 nitrogen and oxygen atoms in total. The zero-order valence-corrected chi connectivity index (χ0v) is 17.7. The van der Waals surface area contributed by atoms with Crippen LogP contribution in [0.4, 0.5) is 10.3 Å². The van der Waals surface area contributed by atoms with Crippen LogP contribution in [0.3, 0.4) is 0 Å². The molecule has 1 aromatic heterocycles. The number of anilines is 1. The second-order valence-electron chi connectivity index (χ2n) is 8.70. The molecule has 0 bridgehead atoms. The normalized spacial score (nSPS) is 20.1. The summed E-state index contributed by atoms with van der Waals surface area (Å²) in [7, 11) is 0. The number of nitrogens with one attached hydrogen (secondary N) is 1. The fraction of sp³-hybridized carbons (Fsp3) is 0.185. The van der Waals surface area contributed by atoms with E-state index < -0.39 is 0 Å². The van der Waals surface area contributed by atoms with E-state index in [0.29, 0.717) is 6.42 Å². The zero-order chi connectivity index (χ0) is 21.8. The van der Waals surface area contributed by atoms with Gasteiger partial charge in [-0.1, -0.05) is 54.1 Å². The molecule has 3 aromatic carbocycles. The van der Waals surface area contributed by atoms with Gasteiger partial charge in [-0.15, -0.1) is 0 Å². The Morgan fingerprint density at radius 2 is 1.66 bits per heavy atom. The van der Waals surface area contributed by atoms with Crippen LogP contribution in [0.15, 0.2) is 84.1 Å². The molecule has 0 saturated heterocycles. The molecule has 32 heavy (non-hydrogen) atoms. The summed E-state index contributed by atoms with van der Waals surface area (Å²) < 4.78 is 15.8. The SMILES string of the molecule is Cc1ccc([C@H]2CC(=O)C3=C(C2)Nc2nc4ccccc4n2[C@@H]3c2ccc(F)cc2)cc1. The Bertz CT molecular complexity index is 1380. The molecule has 0 saturated carbocycles. The number of fused-ring (bicyclic) bond motifs is 3. The molecule has 0 unspecified atom stereocenters. The van der Waals surface area contributed by atoms with Gasteiger partial charge < -0.3 is 5.32 Å². The molecule has 4 aromatic rings. The lowest BCUT2D eigenvalue weighted by molar-refractivity contribution is -0.116. The first-order valence-electron chi connectivity index (χ1n) is 10.9. The summed E-state index contributed by atoms with van der Waals surface area (Å²) >= 11 is 0. The van der Waals surface area contributed by atoms with Crippen LogP contribution in [0.1, 0.15) is 41.5 Å². The average molecular weight is 423 g/mol. The van der Waals surface area contributed by atoms with Crippen LogP contribution in [0.2, 0.25) is 0 Å². The molecule has 1 N–H and O–H groups in total. The quantitative estimate of drug-likeness (QED) is 0.437. The predicted octanol–water partition coefficient (Wildman–Crippen LogP) is 5.90. The fourth-order valence-electron chi connectivity index (χ4n) is 5.06. The summed E-state index contributed by atoms with van der Waals surface area (Å²) in [6.45, 7) is 2.07. The minimum atomic E-state index is -0.333. The van der Waals surface area contributed by atoms with Crippen molar-refractivity contribution in [2.45, 2.75) is 31.7 Å². The van der Waals surface area contributed by atoms with Crippen LogP contribution in [0.25, 0.3) is 11.0 Å². The van der Waals surface area contributed by atoms with Gasteiger partial charge in [-0.05, 0) is 54.7 Å². The van der Waals surface area contributed by atoms with Gasteiger partial charge in [0, 0.05) is 17.7 Å². The van der Waals surface area contributed by atoms with Gasteiger partial charge in [-0.2, -0.15) is 0 Å². The van der Waals surface area contributed by atoms with E-state index in [-0.39, 0.29) is 23.6 Å². The summed E-state index contributed by atoms with van der Waals surface area (Å²) in [6, 6.07) is 22.5. The van der Waals surface area contributed by atoms with Crippen molar-refractivity contribution >= 4 is 22.8 Å². The highest BCUT2D eigenvalue weighted by Crippen LogP contribution is 2.45. The van der Waals surface area contributed by atoms with E-state index in [1.165, 1.54) is 23.3 Å². The van der Waals surface area contributed by atoms with Crippen molar-refractivity contribution in [1.82, 2.24) is 9.55 Å². The van der Waals surface area contributed by atoms with Crippen LogP contribution in [-0.4, -0.2) is 15.3 Å². The highest BCUT2D eigenvalue weighted by atomic mass is 19.1. The van der Waals surface area contributed by atoms with E-state index in [1.807, 2.05) is 24.3 Å². The second kappa shape index (κ2) is 7.16. The number of para-hydroxylation sites is 2. The molecular formula is C27H22FN3O. The number of carbonyl (C=O) groups excluding carboxylic acids is 1. The number of ketones is 1. The van der Waals surface area contributed by atoms with E-state index in [1.54, 1.807) is 12.1 Å². The van der Waals surface area contributed by atoms with Crippen molar-refractivity contribution in [3.05, 3.63) is 107 Å². The molecule has 0 amide bonds. The zero-order valence-electron chi connectivity index (χ0n) is 17.7. The Balaban J connectivity index is 1.51. The highest BCUT2D eigenvalue weighted by Gasteiger charge is 2.39. The minimum Gasteiger partial charge on any atom is -0.329 e. The Labute approximate surface area is 185 Å². The third-order valence-electron chi connectivity index (χ3n) is 6.63. The Morgan fingerprint density at radius 3 is 2.44 bits per heavy atom. The van der Waals surface area contributed by atoms with Crippen molar-refractivity contribution in [3.63, 3.8) is 0 Å². The molecule has 2 aliphatic rings. The molecule has 6 rings (SSSR count).